The van der Waals surface area contributed by atoms with Crippen molar-refractivity contribution in [3.63, 3.8) is 0 Å². The Hall–Kier alpha value is -1.93. The monoisotopic (exact) mass is 315 g/mol. The van der Waals surface area contributed by atoms with Crippen molar-refractivity contribution < 1.29 is 18.4 Å². The van der Waals surface area contributed by atoms with Gasteiger partial charge in [-0.2, -0.15) is 0 Å². The predicted molar refractivity (Wildman–Crippen MR) is 66.8 cm³/mol. The number of carbonyl (C=O) groups excluding carboxylic acids is 2. The molecular weight excluding hydrogens is 312 g/mol. The van der Waals surface area contributed by atoms with Crippen LogP contribution in [0.4, 0.5) is 14.5 Å². The lowest BCUT2D eigenvalue weighted by molar-refractivity contribution is -0.114. The quantitative estimate of drug-likeness (QED) is 0.797. The van der Waals surface area contributed by atoms with Crippen molar-refractivity contribution in [3.05, 3.63) is 39.4 Å². The summed E-state index contributed by atoms with van der Waals surface area (Å²) in [6.45, 7) is -0.243. The molecule has 0 unspecified atom stereocenters. The standard InChI is InChI=1S/C11H4ClF2N3O2S/c12-10-6(15-16-20-10)3-17-8-5(14)2-1-4(13)7(8)9(18)11(17)19/h1-2H,3H2. The Labute approximate surface area is 119 Å². The van der Waals surface area contributed by atoms with Crippen LogP contribution in [0, 0.1) is 11.6 Å². The zero-order valence-corrected chi connectivity index (χ0v) is 11.1. The van der Waals surface area contributed by atoms with E-state index < -0.39 is 28.9 Å². The molecule has 9 heteroatoms. The van der Waals surface area contributed by atoms with Crippen molar-refractivity contribution in [3.8, 4) is 0 Å². The molecule has 1 aromatic carbocycles. The molecule has 102 valence electrons. The average Bonchev–Trinajstić information content (AvgIpc) is 2.92. The highest BCUT2D eigenvalue weighted by molar-refractivity contribution is 7.10. The van der Waals surface area contributed by atoms with E-state index in [0.717, 1.165) is 28.6 Å². The number of aromatic nitrogens is 2. The molecule has 0 aliphatic carbocycles. The first-order valence-electron chi connectivity index (χ1n) is 5.31. The number of carbonyl (C=O) groups is 2. The lowest BCUT2D eigenvalue weighted by Gasteiger charge is -2.15. The third-order valence-electron chi connectivity index (χ3n) is 2.83. The van der Waals surface area contributed by atoms with E-state index in [9.17, 15) is 18.4 Å². The molecule has 0 N–H and O–H groups in total. The Morgan fingerprint density at radius 1 is 1.25 bits per heavy atom. The molecule has 1 amide bonds. The van der Waals surface area contributed by atoms with E-state index in [2.05, 4.69) is 9.59 Å². The SMILES string of the molecule is O=C1C(=O)N(Cc2nnsc2Cl)c2c(F)ccc(F)c21. The van der Waals surface area contributed by atoms with Gasteiger partial charge in [0.05, 0.1) is 17.8 Å². The normalized spacial score (nSPS) is 14.1. The largest absolute Gasteiger partial charge is 0.300 e. The highest BCUT2D eigenvalue weighted by Crippen LogP contribution is 2.35. The first-order valence-corrected chi connectivity index (χ1v) is 6.46. The van der Waals surface area contributed by atoms with Gasteiger partial charge in [-0.3, -0.25) is 14.5 Å². The van der Waals surface area contributed by atoms with E-state index in [1.54, 1.807) is 0 Å². The van der Waals surface area contributed by atoms with Crippen LogP contribution in [0.15, 0.2) is 12.1 Å². The fourth-order valence-corrected chi connectivity index (χ4v) is 2.56. The second-order valence-corrected chi connectivity index (χ2v) is 5.32. The van der Waals surface area contributed by atoms with Crippen LogP contribution in [-0.2, 0) is 11.3 Å². The molecule has 2 heterocycles. The van der Waals surface area contributed by atoms with Gasteiger partial charge in [0.2, 0.25) is 0 Å². The number of anilines is 1. The molecule has 5 nitrogen and oxygen atoms in total. The Kier molecular flexibility index (Phi) is 2.98. The van der Waals surface area contributed by atoms with E-state index >= 15 is 0 Å². The number of hydrogen-bond donors (Lipinski definition) is 0. The van der Waals surface area contributed by atoms with Gasteiger partial charge in [-0.05, 0) is 12.1 Å². The van der Waals surface area contributed by atoms with E-state index in [-0.39, 0.29) is 22.3 Å². The maximum atomic E-state index is 13.8. The van der Waals surface area contributed by atoms with Crippen LogP contribution in [0.25, 0.3) is 0 Å². The molecule has 20 heavy (non-hydrogen) atoms. The third-order valence-corrected chi connectivity index (χ3v) is 3.82. The van der Waals surface area contributed by atoms with Crippen LogP contribution >= 0.6 is 23.1 Å². The molecule has 2 aromatic rings. The molecule has 3 rings (SSSR count). The molecule has 1 aliphatic heterocycles. The van der Waals surface area contributed by atoms with Crippen molar-refractivity contribution in [1.29, 1.82) is 0 Å². The molecule has 0 bridgehead atoms. The molecule has 0 atom stereocenters. The second kappa shape index (κ2) is 4.57. The lowest BCUT2D eigenvalue weighted by atomic mass is 10.1. The molecule has 1 aromatic heterocycles. The molecule has 0 radical (unpaired) electrons. The van der Waals surface area contributed by atoms with E-state index in [0.29, 0.717) is 0 Å². The number of Topliss-reactive ketones (excluding diaryl/α,β-unsaturated/α-hetero) is 1. The number of halogens is 3. The summed E-state index contributed by atoms with van der Waals surface area (Å²) in [4.78, 5) is 24.4. The average molecular weight is 316 g/mol. The van der Waals surface area contributed by atoms with Gasteiger partial charge < -0.3 is 0 Å². The highest BCUT2D eigenvalue weighted by atomic mass is 35.5. The number of fused-ring (bicyclic) bond motifs is 1. The summed E-state index contributed by atoms with van der Waals surface area (Å²) in [6.07, 6.45) is 0. The van der Waals surface area contributed by atoms with Crippen LogP contribution in [0.1, 0.15) is 16.1 Å². The lowest BCUT2D eigenvalue weighted by Crippen LogP contribution is -2.29. The summed E-state index contributed by atoms with van der Waals surface area (Å²) in [5, 5.41) is 3.68. The number of benzene rings is 1. The molecule has 0 spiro atoms. The number of amides is 1. The van der Waals surface area contributed by atoms with E-state index in [4.69, 9.17) is 11.6 Å². The van der Waals surface area contributed by atoms with Gasteiger partial charge in [0.15, 0.2) is 0 Å². The van der Waals surface area contributed by atoms with Crippen molar-refractivity contribution in [2.24, 2.45) is 0 Å². The van der Waals surface area contributed by atoms with Crippen LogP contribution in [0.3, 0.4) is 0 Å². The Morgan fingerprint density at radius 2 is 1.95 bits per heavy atom. The van der Waals surface area contributed by atoms with Crippen LogP contribution in [-0.4, -0.2) is 21.3 Å². The van der Waals surface area contributed by atoms with Crippen molar-refractivity contribution in [2.75, 3.05) is 4.90 Å². The molecule has 1 aliphatic rings. The first kappa shape index (κ1) is 13.1. The minimum Gasteiger partial charge on any atom is -0.296 e. The van der Waals surface area contributed by atoms with Crippen LogP contribution in [0.5, 0.6) is 0 Å². The number of rotatable bonds is 2. The first-order chi connectivity index (χ1) is 9.50. The molecule has 0 saturated heterocycles. The van der Waals surface area contributed by atoms with Gasteiger partial charge >= 0.3 is 0 Å². The Balaban J connectivity index is 2.11. The summed E-state index contributed by atoms with van der Waals surface area (Å²) in [5.41, 5.74) is -0.729. The topological polar surface area (TPSA) is 63.2 Å². The number of hydrogen-bond acceptors (Lipinski definition) is 5. The Morgan fingerprint density at radius 3 is 2.60 bits per heavy atom. The fraction of sp³-hybridized carbons (Fsp3) is 0.0909. The minimum atomic E-state index is -1.09. The van der Waals surface area contributed by atoms with Crippen LogP contribution < -0.4 is 4.90 Å². The summed E-state index contributed by atoms with van der Waals surface area (Å²) >= 11 is 6.70. The summed E-state index contributed by atoms with van der Waals surface area (Å²) in [7, 11) is 0. The van der Waals surface area contributed by atoms with Gasteiger partial charge in [0.25, 0.3) is 11.7 Å². The van der Waals surface area contributed by atoms with Crippen molar-refractivity contribution >= 4 is 40.5 Å². The predicted octanol–water partition coefficient (Wildman–Crippen LogP) is 2.20. The fourth-order valence-electron chi connectivity index (χ4n) is 1.94. The van der Waals surface area contributed by atoms with Crippen molar-refractivity contribution in [1.82, 2.24) is 9.59 Å². The van der Waals surface area contributed by atoms with Crippen LogP contribution in [0.2, 0.25) is 4.34 Å². The number of nitrogens with zero attached hydrogens (tertiary/aromatic N) is 3. The summed E-state index contributed by atoms with van der Waals surface area (Å²) in [6, 6.07) is 1.66. The van der Waals surface area contributed by atoms with Gasteiger partial charge in [-0.1, -0.05) is 16.1 Å². The van der Waals surface area contributed by atoms with Gasteiger partial charge in [0.1, 0.15) is 21.7 Å². The molecule has 0 fully saturated rings. The summed E-state index contributed by atoms with van der Waals surface area (Å²) in [5.74, 6) is -3.91. The smallest absolute Gasteiger partial charge is 0.296 e. The molecular formula is C11H4ClF2N3O2S. The third kappa shape index (κ3) is 1.80. The zero-order chi connectivity index (χ0) is 14.4. The zero-order valence-electron chi connectivity index (χ0n) is 9.56. The van der Waals surface area contributed by atoms with Gasteiger partial charge in [-0.25, -0.2) is 8.78 Å². The molecule has 0 saturated carbocycles. The second-order valence-electron chi connectivity index (χ2n) is 3.97. The van der Waals surface area contributed by atoms with E-state index in [1.807, 2.05) is 0 Å². The summed E-state index contributed by atoms with van der Waals surface area (Å²) < 4.78 is 31.2. The number of ketones is 1. The van der Waals surface area contributed by atoms with Crippen molar-refractivity contribution in [2.45, 2.75) is 6.54 Å². The minimum absolute atomic E-state index is 0.217. The van der Waals surface area contributed by atoms with Gasteiger partial charge in [-0.15, -0.1) is 5.10 Å². The Bertz CT molecular complexity index is 749. The maximum absolute atomic E-state index is 13.8. The van der Waals surface area contributed by atoms with E-state index in [1.165, 1.54) is 0 Å². The highest BCUT2D eigenvalue weighted by Gasteiger charge is 2.41. The van der Waals surface area contributed by atoms with Gasteiger partial charge in [0, 0.05) is 11.5 Å². The maximum Gasteiger partial charge on any atom is 0.300 e.